The van der Waals surface area contributed by atoms with E-state index in [0.29, 0.717) is 12.2 Å². The van der Waals surface area contributed by atoms with Crippen LogP contribution < -0.4 is 4.90 Å². The number of hydrogen-bond donors (Lipinski definition) is 0. The van der Waals surface area contributed by atoms with E-state index in [1.165, 1.54) is 31.4 Å². The predicted molar refractivity (Wildman–Crippen MR) is 88.4 cm³/mol. The van der Waals surface area contributed by atoms with Crippen molar-refractivity contribution < 1.29 is 9.53 Å². The quantitative estimate of drug-likeness (QED) is 0.801. The van der Waals surface area contributed by atoms with Crippen LogP contribution in [-0.2, 0) is 4.74 Å². The molecule has 0 N–H and O–H groups in total. The molecule has 22 heavy (non-hydrogen) atoms. The highest BCUT2D eigenvalue weighted by molar-refractivity contribution is 5.89. The predicted octanol–water partition coefficient (Wildman–Crippen LogP) is 2.93. The first-order valence-corrected chi connectivity index (χ1v) is 8.54. The van der Waals surface area contributed by atoms with E-state index in [1.807, 2.05) is 31.2 Å². The molecule has 2 aliphatic rings. The monoisotopic (exact) mass is 302 g/mol. The number of benzene rings is 1. The summed E-state index contributed by atoms with van der Waals surface area (Å²) >= 11 is 0. The zero-order chi connectivity index (χ0) is 15.4. The Labute approximate surface area is 133 Å². The fourth-order valence-electron chi connectivity index (χ4n) is 3.64. The molecular formula is C18H26N2O2. The van der Waals surface area contributed by atoms with Crippen LogP contribution in [0.2, 0.25) is 0 Å². The molecule has 1 aliphatic heterocycles. The van der Waals surface area contributed by atoms with Gasteiger partial charge >= 0.3 is 5.97 Å². The zero-order valence-electron chi connectivity index (χ0n) is 13.5. The van der Waals surface area contributed by atoms with Gasteiger partial charge in [0.15, 0.2) is 0 Å². The van der Waals surface area contributed by atoms with Gasteiger partial charge in [0.25, 0.3) is 0 Å². The van der Waals surface area contributed by atoms with Crippen molar-refractivity contribution in [2.45, 2.75) is 38.6 Å². The van der Waals surface area contributed by atoms with Gasteiger partial charge in [-0.05, 0) is 44.0 Å². The molecule has 0 aromatic heterocycles. The molecule has 0 bridgehead atoms. The molecule has 4 heteroatoms. The van der Waals surface area contributed by atoms with Gasteiger partial charge in [-0.15, -0.1) is 0 Å². The molecule has 0 radical (unpaired) electrons. The Bertz CT molecular complexity index is 486. The number of carbonyl (C=O) groups excluding carboxylic acids is 1. The lowest BCUT2D eigenvalue weighted by molar-refractivity contribution is 0.0526. The van der Waals surface area contributed by atoms with Crippen LogP contribution in [-0.4, -0.2) is 49.7 Å². The van der Waals surface area contributed by atoms with Crippen molar-refractivity contribution in [2.24, 2.45) is 0 Å². The Kier molecular flexibility index (Phi) is 4.98. The number of piperazine rings is 1. The second-order valence-electron chi connectivity index (χ2n) is 6.23. The standard InChI is InChI=1S/C18H26N2O2/c1-2-22-18(21)15-7-9-17(10-8-15)20-13-11-19(12-14-20)16-5-3-4-6-16/h7-10,16H,2-6,11-14H2,1H3. The smallest absolute Gasteiger partial charge is 0.338 e. The second kappa shape index (κ2) is 7.14. The maximum absolute atomic E-state index is 11.7. The number of carbonyl (C=O) groups is 1. The molecule has 1 saturated carbocycles. The fraction of sp³-hybridized carbons (Fsp3) is 0.611. The normalized spacial score (nSPS) is 20.3. The van der Waals surface area contributed by atoms with Crippen LogP contribution in [0, 0.1) is 0 Å². The van der Waals surface area contributed by atoms with Crippen molar-refractivity contribution in [2.75, 3.05) is 37.7 Å². The summed E-state index contributed by atoms with van der Waals surface area (Å²) in [5.74, 6) is -0.236. The first kappa shape index (κ1) is 15.3. The van der Waals surface area contributed by atoms with Crippen molar-refractivity contribution >= 4 is 11.7 Å². The number of rotatable bonds is 4. The maximum Gasteiger partial charge on any atom is 0.338 e. The molecule has 1 heterocycles. The SMILES string of the molecule is CCOC(=O)c1ccc(N2CCN(C3CCCC3)CC2)cc1. The first-order valence-electron chi connectivity index (χ1n) is 8.54. The van der Waals surface area contributed by atoms with Gasteiger partial charge in [-0.25, -0.2) is 4.79 Å². The Balaban J connectivity index is 1.55. The zero-order valence-corrected chi connectivity index (χ0v) is 13.5. The molecule has 1 aliphatic carbocycles. The molecule has 4 nitrogen and oxygen atoms in total. The van der Waals surface area contributed by atoms with Crippen LogP contribution in [0.1, 0.15) is 43.0 Å². The van der Waals surface area contributed by atoms with Crippen LogP contribution in [0.5, 0.6) is 0 Å². The molecule has 1 aromatic rings. The number of nitrogens with zero attached hydrogens (tertiary/aromatic N) is 2. The molecule has 0 atom stereocenters. The van der Waals surface area contributed by atoms with E-state index >= 15 is 0 Å². The van der Waals surface area contributed by atoms with E-state index in [1.54, 1.807) is 0 Å². The van der Waals surface area contributed by atoms with Crippen LogP contribution in [0.15, 0.2) is 24.3 Å². The van der Waals surface area contributed by atoms with Gasteiger partial charge in [0.2, 0.25) is 0 Å². The maximum atomic E-state index is 11.7. The van der Waals surface area contributed by atoms with Gasteiger partial charge in [0.1, 0.15) is 0 Å². The fourth-order valence-corrected chi connectivity index (χ4v) is 3.64. The van der Waals surface area contributed by atoms with Crippen LogP contribution in [0.25, 0.3) is 0 Å². The van der Waals surface area contributed by atoms with Gasteiger partial charge in [0, 0.05) is 37.9 Å². The topological polar surface area (TPSA) is 32.8 Å². The van der Waals surface area contributed by atoms with E-state index in [-0.39, 0.29) is 5.97 Å². The summed E-state index contributed by atoms with van der Waals surface area (Å²) in [6.45, 7) is 6.72. The minimum atomic E-state index is -0.236. The van der Waals surface area contributed by atoms with Gasteiger partial charge in [-0.1, -0.05) is 12.8 Å². The summed E-state index contributed by atoms with van der Waals surface area (Å²) in [7, 11) is 0. The van der Waals surface area contributed by atoms with E-state index in [2.05, 4.69) is 9.80 Å². The third-order valence-electron chi connectivity index (χ3n) is 4.90. The van der Waals surface area contributed by atoms with E-state index < -0.39 is 0 Å². The van der Waals surface area contributed by atoms with E-state index in [4.69, 9.17) is 4.74 Å². The number of hydrogen-bond acceptors (Lipinski definition) is 4. The molecule has 120 valence electrons. The van der Waals surface area contributed by atoms with Gasteiger partial charge in [-0.2, -0.15) is 0 Å². The summed E-state index contributed by atoms with van der Waals surface area (Å²) in [5, 5.41) is 0. The van der Waals surface area contributed by atoms with Crippen molar-refractivity contribution in [3.05, 3.63) is 29.8 Å². The molecule has 0 unspecified atom stereocenters. The number of anilines is 1. The lowest BCUT2D eigenvalue weighted by Gasteiger charge is -2.39. The highest BCUT2D eigenvalue weighted by Gasteiger charge is 2.26. The van der Waals surface area contributed by atoms with Gasteiger partial charge < -0.3 is 9.64 Å². The Hall–Kier alpha value is -1.55. The lowest BCUT2D eigenvalue weighted by atomic mass is 10.1. The molecule has 2 fully saturated rings. The van der Waals surface area contributed by atoms with E-state index in [0.717, 1.165) is 32.2 Å². The third kappa shape index (κ3) is 3.43. The summed E-state index contributed by atoms with van der Waals surface area (Å²) in [4.78, 5) is 16.8. The molecule has 3 rings (SSSR count). The van der Waals surface area contributed by atoms with Gasteiger partial charge in [0.05, 0.1) is 12.2 Å². The lowest BCUT2D eigenvalue weighted by Crippen LogP contribution is -2.49. The van der Waals surface area contributed by atoms with Crippen LogP contribution >= 0.6 is 0 Å². The molecule has 1 aromatic carbocycles. The Morgan fingerprint density at radius 2 is 1.73 bits per heavy atom. The molecule has 0 amide bonds. The van der Waals surface area contributed by atoms with Crippen molar-refractivity contribution in [3.8, 4) is 0 Å². The summed E-state index contributed by atoms with van der Waals surface area (Å²) < 4.78 is 5.03. The third-order valence-corrected chi connectivity index (χ3v) is 4.90. The van der Waals surface area contributed by atoms with Crippen molar-refractivity contribution in [1.82, 2.24) is 4.90 Å². The summed E-state index contributed by atoms with van der Waals surface area (Å²) in [5.41, 5.74) is 1.84. The van der Waals surface area contributed by atoms with Crippen LogP contribution in [0.4, 0.5) is 5.69 Å². The number of esters is 1. The highest BCUT2D eigenvalue weighted by atomic mass is 16.5. The average Bonchev–Trinajstić information content (AvgIpc) is 3.10. The first-order chi connectivity index (χ1) is 10.8. The van der Waals surface area contributed by atoms with E-state index in [9.17, 15) is 4.79 Å². The number of ether oxygens (including phenoxy) is 1. The highest BCUT2D eigenvalue weighted by Crippen LogP contribution is 2.25. The Morgan fingerprint density at radius 3 is 2.32 bits per heavy atom. The van der Waals surface area contributed by atoms with Crippen LogP contribution in [0.3, 0.4) is 0 Å². The molecular weight excluding hydrogens is 276 g/mol. The molecule has 1 saturated heterocycles. The minimum Gasteiger partial charge on any atom is -0.462 e. The minimum absolute atomic E-state index is 0.236. The van der Waals surface area contributed by atoms with Crippen molar-refractivity contribution in [1.29, 1.82) is 0 Å². The average molecular weight is 302 g/mol. The van der Waals surface area contributed by atoms with Crippen molar-refractivity contribution in [3.63, 3.8) is 0 Å². The Morgan fingerprint density at radius 1 is 1.09 bits per heavy atom. The largest absolute Gasteiger partial charge is 0.462 e. The molecule has 0 spiro atoms. The second-order valence-corrected chi connectivity index (χ2v) is 6.23. The summed E-state index contributed by atoms with van der Waals surface area (Å²) in [6.07, 6.45) is 5.57. The summed E-state index contributed by atoms with van der Waals surface area (Å²) in [6, 6.07) is 8.65. The van der Waals surface area contributed by atoms with Gasteiger partial charge in [-0.3, -0.25) is 4.90 Å².